The van der Waals surface area contributed by atoms with E-state index in [4.69, 9.17) is 37.4 Å². The number of ether oxygens (including phenoxy) is 3. The molecule has 3 aromatic carbocycles. The molecule has 0 radical (unpaired) electrons. The van der Waals surface area contributed by atoms with Crippen molar-refractivity contribution in [3.05, 3.63) is 93.3 Å². The molecule has 350 valence electrons. The van der Waals surface area contributed by atoms with Gasteiger partial charge in [0.15, 0.2) is 0 Å². The molecule has 0 saturated carbocycles. The minimum Gasteiger partial charge on any atom is -0.496 e. The summed E-state index contributed by atoms with van der Waals surface area (Å²) in [4.78, 5) is 73.3. The second-order valence-electron chi connectivity index (χ2n) is 18.8. The van der Waals surface area contributed by atoms with Gasteiger partial charge in [0.2, 0.25) is 11.8 Å². The van der Waals surface area contributed by atoms with Gasteiger partial charge in [-0.05, 0) is 95.8 Å². The number of methoxy groups -OCH3 is 1. The van der Waals surface area contributed by atoms with E-state index in [0.29, 0.717) is 81.3 Å². The van der Waals surface area contributed by atoms with Crippen molar-refractivity contribution in [2.75, 3.05) is 33.3 Å². The number of aromatic nitrogens is 1. The fourth-order valence-electron chi connectivity index (χ4n) is 8.33. The van der Waals surface area contributed by atoms with Crippen molar-refractivity contribution in [1.82, 2.24) is 30.3 Å². The van der Waals surface area contributed by atoms with Crippen molar-refractivity contribution >= 4 is 53.1 Å². The van der Waals surface area contributed by atoms with E-state index in [1.54, 1.807) is 100 Å². The molecular formula is C49H55Cl2FN6O8. The number of hydrogen-bond acceptors (Lipinski definition) is 9. The average Bonchev–Trinajstić information content (AvgIpc) is 3.95. The highest BCUT2D eigenvalue weighted by molar-refractivity contribution is 6.39. The summed E-state index contributed by atoms with van der Waals surface area (Å²) in [6.45, 7) is 11.6. The average molecular weight is 946 g/mol. The van der Waals surface area contributed by atoms with Crippen molar-refractivity contribution in [1.29, 1.82) is 0 Å². The summed E-state index contributed by atoms with van der Waals surface area (Å²) in [5, 5.41) is 6.37. The number of amides is 5. The third-order valence-electron chi connectivity index (χ3n) is 11.5. The Bertz CT molecular complexity index is 2560. The van der Waals surface area contributed by atoms with Crippen LogP contribution in [0.5, 0.6) is 5.75 Å². The van der Waals surface area contributed by atoms with E-state index in [1.165, 1.54) is 18.1 Å². The van der Waals surface area contributed by atoms with Crippen LogP contribution in [0.3, 0.4) is 0 Å². The Morgan fingerprint density at radius 2 is 1.39 bits per heavy atom. The van der Waals surface area contributed by atoms with Gasteiger partial charge in [0, 0.05) is 97.2 Å². The first kappa shape index (κ1) is 48.0. The van der Waals surface area contributed by atoms with Gasteiger partial charge >= 0.3 is 12.2 Å². The van der Waals surface area contributed by atoms with Gasteiger partial charge in [-0.15, -0.1) is 0 Å². The number of benzene rings is 3. The minimum absolute atomic E-state index is 0.0572. The van der Waals surface area contributed by atoms with Crippen LogP contribution < -0.4 is 15.4 Å². The number of halogens is 3. The molecule has 7 rings (SSSR count). The van der Waals surface area contributed by atoms with Crippen molar-refractivity contribution in [3.8, 4) is 39.3 Å². The summed E-state index contributed by atoms with van der Waals surface area (Å²) in [5.41, 5.74) is 3.09. The zero-order chi connectivity index (χ0) is 47.7. The molecule has 0 unspecified atom stereocenters. The molecular weight excluding hydrogens is 890 g/mol. The molecule has 17 heteroatoms. The Balaban J connectivity index is 1.11. The lowest BCUT2D eigenvalue weighted by atomic mass is 9.96. The fraction of sp³-hybridized carbons (Fsp3) is 0.429. The fourth-order valence-corrected chi connectivity index (χ4v) is 8.99. The van der Waals surface area contributed by atoms with Crippen molar-refractivity contribution in [3.63, 3.8) is 0 Å². The van der Waals surface area contributed by atoms with Crippen LogP contribution in [-0.4, -0.2) is 106 Å². The van der Waals surface area contributed by atoms with E-state index in [0.717, 1.165) is 5.56 Å². The molecule has 0 aliphatic carbocycles. The second kappa shape index (κ2) is 19.5. The summed E-state index contributed by atoms with van der Waals surface area (Å²) in [6.07, 6.45) is 2.33. The lowest BCUT2D eigenvalue weighted by Gasteiger charge is -2.30. The van der Waals surface area contributed by atoms with Gasteiger partial charge in [0.05, 0.1) is 29.4 Å². The molecule has 2 fully saturated rings. The predicted molar refractivity (Wildman–Crippen MR) is 249 cm³/mol. The molecule has 2 atom stereocenters. The van der Waals surface area contributed by atoms with Crippen LogP contribution in [0.1, 0.15) is 88.7 Å². The molecule has 2 N–H and O–H groups in total. The Morgan fingerprint density at radius 1 is 0.788 bits per heavy atom. The lowest BCUT2D eigenvalue weighted by molar-refractivity contribution is -0.120. The summed E-state index contributed by atoms with van der Waals surface area (Å²) >= 11 is 14.3. The van der Waals surface area contributed by atoms with Crippen LogP contribution in [0.25, 0.3) is 33.5 Å². The first-order valence-corrected chi connectivity index (χ1v) is 22.7. The zero-order valence-electron chi connectivity index (χ0n) is 38.2. The van der Waals surface area contributed by atoms with Gasteiger partial charge in [-0.2, -0.15) is 0 Å². The smallest absolute Gasteiger partial charge is 0.410 e. The van der Waals surface area contributed by atoms with Crippen LogP contribution >= 0.6 is 23.2 Å². The molecule has 66 heavy (non-hydrogen) atoms. The van der Waals surface area contributed by atoms with Crippen molar-refractivity contribution in [2.24, 2.45) is 0 Å². The summed E-state index contributed by atoms with van der Waals surface area (Å²) in [7, 11) is 1.42. The minimum atomic E-state index is -0.807. The maximum Gasteiger partial charge on any atom is 0.410 e. The normalized spacial score (nSPS) is 17.1. The number of pyridine rings is 1. The molecule has 0 spiro atoms. The van der Waals surface area contributed by atoms with Gasteiger partial charge in [-0.25, -0.2) is 14.0 Å². The first-order valence-electron chi connectivity index (χ1n) is 21.9. The Labute approximate surface area is 394 Å². The maximum atomic E-state index is 16.3. The van der Waals surface area contributed by atoms with Crippen LogP contribution in [0.15, 0.2) is 60.8 Å². The molecule has 2 saturated heterocycles. The standard InChI is InChI=1S/C49H55Cl2FN6O8/c1-48(2,3)65-46(62)57(25-31-12-15-40(59)54-31)20-19-56-24-30-21-28(11-14-34(30)45(56)61)44-43(51)36(17-18-53-44)35-10-8-9-33(42(35)50)29-22-38(52)37(39(23-29)64-7)27-58(47(63)66-49(4,5)6)26-32-13-16-41(60)55-32/h8-11,14,17-18,21-23,31-32H,12-13,15-16,19-20,24-27H2,1-7H3,(H,54,59)(H,55,60)/t31-,32-/m0/s1. The first-order chi connectivity index (χ1) is 31.2. The molecule has 3 aliphatic heterocycles. The Hall–Kier alpha value is -5.93. The van der Waals surface area contributed by atoms with E-state index in [1.807, 2.05) is 6.07 Å². The second-order valence-corrected chi connectivity index (χ2v) is 19.6. The molecule has 5 amide bonds. The van der Waals surface area contributed by atoms with Crippen molar-refractivity contribution in [2.45, 2.75) is 104 Å². The van der Waals surface area contributed by atoms with E-state index < -0.39 is 29.2 Å². The number of carbonyl (C=O) groups excluding carboxylic acids is 5. The van der Waals surface area contributed by atoms with Crippen LogP contribution in [0.4, 0.5) is 14.0 Å². The van der Waals surface area contributed by atoms with E-state index in [2.05, 4.69) is 15.6 Å². The quantitative estimate of drug-likeness (QED) is 0.133. The summed E-state index contributed by atoms with van der Waals surface area (Å²) < 4.78 is 33.3. The number of nitrogens with one attached hydrogen (secondary N) is 2. The highest BCUT2D eigenvalue weighted by atomic mass is 35.5. The zero-order valence-corrected chi connectivity index (χ0v) is 39.7. The number of rotatable bonds is 13. The Morgan fingerprint density at radius 3 is 2.00 bits per heavy atom. The monoisotopic (exact) mass is 944 g/mol. The largest absolute Gasteiger partial charge is 0.496 e. The van der Waals surface area contributed by atoms with Gasteiger partial charge in [0.25, 0.3) is 5.91 Å². The van der Waals surface area contributed by atoms with Crippen LogP contribution in [-0.2, 0) is 32.2 Å². The van der Waals surface area contributed by atoms with E-state index in [9.17, 15) is 24.0 Å². The third kappa shape index (κ3) is 11.2. The van der Waals surface area contributed by atoms with E-state index in [-0.39, 0.29) is 73.8 Å². The number of nitrogens with zero attached hydrogens (tertiary/aromatic N) is 4. The number of carbonyl (C=O) groups is 5. The Kier molecular flexibility index (Phi) is 14.2. The van der Waals surface area contributed by atoms with Gasteiger partial charge in [-0.1, -0.05) is 47.5 Å². The van der Waals surface area contributed by atoms with Crippen LogP contribution in [0.2, 0.25) is 10.0 Å². The molecule has 0 bridgehead atoms. The molecule has 3 aliphatic rings. The van der Waals surface area contributed by atoms with Gasteiger partial charge in [-0.3, -0.25) is 19.4 Å². The predicted octanol–water partition coefficient (Wildman–Crippen LogP) is 9.02. The topological polar surface area (TPSA) is 160 Å². The maximum absolute atomic E-state index is 16.3. The van der Waals surface area contributed by atoms with Gasteiger partial charge in [0.1, 0.15) is 22.8 Å². The summed E-state index contributed by atoms with van der Waals surface area (Å²) in [5.74, 6) is -0.786. The lowest BCUT2D eigenvalue weighted by Crippen LogP contribution is -2.47. The van der Waals surface area contributed by atoms with E-state index >= 15 is 4.39 Å². The SMILES string of the molecule is COc1cc(-c2cccc(-c3ccnc(-c4ccc5c(c4)CN(CCN(C[C@@H]4CCC(=O)N4)C(=O)OC(C)(C)C)C5=O)c3Cl)c2Cl)cc(F)c1CN(C[C@@H]1CCC(=O)N1)C(=O)OC(C)(C)C. The highest BCUT2D eigenvalue weighted by Gasteiger charge is 2.33. The molecule has 4 aromatic rings. The van der Waals surface area contributed by atoms with Crippen LogP contribution in [0, 0.1) is 5.82 Å². The molecule has 14 nitrogen and oxygen atoms in total. The van der Waals surface area contributed by atoms with Crippen molar-refractivity contribution < 1.29 is 42.6 Å². The third-order valence-corrected chi connectivity index (χ3v) is 12.3. The molecule has 1 aromatic heterocycles. The number of fused-ring (bicyclic) bond motifs is 1. The highest BCUT2D eigenvalue weighted by Crippen LogP contribution is 2.43. The molecule has 4 heterocycles. The summed E-state index contributed by atoms with van der Waals surface area (Å²) in [6, 6.07) is 15.0. The van der Waals surface area contributed by atoms with Gasteiger partial charge < -0.3 is 39.5 Å². The number of hydrogen-bond donors (Lipinski definition) is 2.